The Balaban J connectivity index is 1.75. The monoisotopic (exact) mass is 303 g/mol. The van der Waals surface area contributed by atoms with Crippen molar-refractivity contribution in [1.29, 1.82) is 0 Å². The van der Waals surface area contributed by atoms with Crippen LogP contribution in [0.5, 0.6) is 0 Å². The minimum Gasteiger partial charge on any atom is -0.481 e. The number of hydrogen-bond donors (Lipinski definition) is 2. The zero-order valence-corrected chi connectivity index (χ0v) is 13.0. The van der Waals surface area contributed by atoms with Crippen LogP contribution in [-0.4, -0.2) is 26.8 Å². The molecule has 2 aliphatic carbocycles. The summed E-state index contributed by atoms with van der Waals surface area (Å²) < 4.78 is 1.76. The zero-order valence-electron chi connectivity index (χ0n) is 13.0. The Bertz CT molecular complexity index is 649. The molecule has 1 aromatic heterocycles. The molecule has 0 spiro atoms. The third kappa shape index (κ3) is 2.23. The largest absolute Gasteiger partial charge is 0.481 e. The van der Waals surface area contributed by atoms with E-state index in [0.29, 0.717) is 0 Å². The predicted molar refractivity (Wildman–Crippen MR) is 79.9 cm³/mol. The molecular weight excluding hydrogens is 282 g/mol. The maximum absolute atomic E-state index is 12.6. The topological polar surface area (TPSA) is 84.2 Å². The second-order valence-electron chi connectivity index (χ2n) is 6.38. The van der Waals surface area contributed by atoms with Gasteiger partial charge in [0.25, 0.3) is 0 Å². The summed E-state index contributed by atoms with van der Waals surface area (Å²) in [5.41, 5.74) is 1.96. The summed E-state index contributed by atoms with van der Waals surface area (Å²) in [4.78, 5) is 24.1. The van der Waals surface area contributed by atoms with Gasteiger partial charge in [-0.3, -0.25) is 14.3 Å². The molecule has 3 rings (SSSR count). The first-order chi connectivity index (χ1) is 10.4. The molecule has 6 heteroatoms. The van der Waals surface area contributed by atoms with Gasteiger partial charge in [-0.2, -0.15) is 5.10 Å². The van der Waals surface area contributed by atoms with Crippen molar-refractivity contribution in [3.05, 3.63) is 29.6 Å². The van der Waals surface area contributed by atoms with Crippen LogP contribution < -0.4 is 5.32 Å². The Morgan fingerprint density at radius 2 is 2.00 bits per heavy atom. The fourth-order valence-electron chi connectivity index (χ4n) is 3.84. The summed E-state index contributed by atoms with van der Waals surface area (Å²) in [5, 5.41) is 16.6. The highest BCUT2D eigenvalue weighted by atomic mass is 16.4. The standard InChI is InChI=1S/C16H21N3O3/c1-8(12-7-17-19(3)9(12)2)18-15(20)13-10-4-5-11(6-10)14(13)16(21)22/h4-5,7-8,10-11,13-14H,6H2,1-3H3,(H,18,20)(H,21,22)/t8-,10-,11-,13-,14-/m0/s1. The van der Waals surface area contributed by atoms with Gasteiger partial charge in [0.2, 0.25) is 5.91 Å². The van der Waals surface area contributed by atoms with E-state index in [2.05, 4.69) is 10.4 Å². The number of nitrogens with one attached hydrogen (secondary N) is 1. The van der Waals surface area contributed by atoms with Crippen LogP contribution in [0.25, 0.3) is 0 Å². The van der Waals surface area contributed by atoms with E-state index >= 15 is 0 Å². The molecule has 0 saturated heterocycles. The van der Waals surface area contributed by atoms with Crippen LogP contribution in [0.2, 0.25) is 0 Å². The highest BCUT2D eigenvalue weighted by Crippen LogP contribution is 2.48. The Morgan fingerprint density at radius 1 is 1.36 bits per heavy atom. The molecular formula is C16H21N3O3. The zero-order chi connectivity index (χ0) is 16.0. The highest BCUT2D eigenvalue weighted by molar-refractivity contribution is 5.87. The summed E-state index contributed by atoms with van der Waals surface area (Å²) >= 11 is 0. The quantitative estimate of drug-likeness (QED) is 0.824. The van der Waals surface area contributed by atoms with Gasteiger partial charge in [-0.1, -0.05) is 12.2 Å². The maximum atomic E-state index is 12.6. The van der Waals surface area contributed by atoms with Crippen molar-refractivity contribution in [2.45, 2.75) is 26.3 Å². The molecule has 1 saturated carbocycles. The van der Waals surface area contributed by atoms with Crippen LogP contribution >= 0.6 is 0 Å². The molecule has 0 aromatic carbocycles. The van der Waals surface area contributed by atoms with E-state index in [-0.39, 0.29) is 23.8 Å². The average molecular weight is 303 g/mol. The van der Waals surface area contributed by atoms with E-state index in [1.54, 1.807) is 10.9 Å². The minimum absolute atomic E-state index is 0.00585. The first kappa shape index (κ1) is 14.8. The molecule has 0 unspecified atom stereocenters. The van der Waals surface area contributed by atoms with Crippen molar-refractivity contribution in [3.63, 3.8) is 0 Å². The Morgan fingerprint density at radius 3 is 2.55 bits per heavy atom. The predicted octanol–water partition coefficient (Wildman–Crippen LogP) is 1.43. The van der Waals surface area contributed by atoms with Crippen LogP contribution in [0, 0.1) is 30.6 Å². The molecule has 2 aliphatic rings. The Labute approximate surface area is 129 Å². The van der Waals surface area contributed by atoms with Gasteiger partial charge < -0.3 is 10.4 Å². The second-order valence-corrected chi connectivity index (χ2v) is 6.38. The number of allylic oxidation sites excluding steroid dienone is 2. The van der Waals surface area contributed by atoms with E-state index in [1.807, 2.05) is 33.0 Å². The molecule has 1 fully saturated rings. The fraction of sp³-hybridized carbons (Fsp3) is 0.562. The van der Waals surface area contributed by atoms with Crippen LogP contribution in [-0.2, 0) is 16.6 Å². The van der Waals surface area contributed by atoms with E-state index < -0.39 is 17.8 Å². The number of carbonyl (C=O) groups excluding carboxylic acids is 1. The second kappa shape index (κ2) is 5.26. The molecule has 1 aromatic rings. The summed E-state index contributed by atoms with van der Waals surface area (Å²) in [6.45, 7) is 3.85. The normalized spacial score (nSPS) is 30.5. The van der Waals surface area contributed by atoms with Gasteiger partial charge in [-0.25, -0.2) is 0 Å². The molecule has 118 valence electrons. The lowest BCUT2D eigenvalue weighted by molar-refractivity contribution is -0.148. The molecule has 2 N–H and O–H groups in total. The summed E-state index contributed by atoms with van der Waals surface area (Å²) in [6.07, 6.45) is 6.46. The number of aliphatic carboxylic acids is 1. The third-order valence-corrected chi connectivity index (χ3v) is 5.15. The van der Waals surface area contributed by atoms with Gasteiger partial charge in [0.15, 0.2) is 0 Å². The lowest BCUT2D eigenvalue weighted by Crippen LogP contribution is -2.41. The van der Waals surface area contributed by atoms with Crippen LogP contribution in [0.3, 0.4) is 0 Å². The molecule has 1 amide bonds. The van der Waals surface area contributed by atoms with E-state index in [4.69, 9.17) is 0 Å². The van der Waals surface area contributed by atoms with E-state index in [0.717, 1.165) is 17.7 Å². The van der Waals surface area contributed by atoms with Crippen molar-refractivity contribution in [2.75, 3.05) is 0 Å². The number of nitrogens with zero attached hydrogens (tertiary/aromatic N) is 2. The molecule has 1 heterocycles. The Hall–Kier alpha value is -2.11. The van der Waals surface area contributed by atoms with E-state index in [9.17, 15) is 14.7 Å². The minimum atomic E-state index is -0.873. The number of carboxylic acid groups (broad SMARTS) is 1. The number of aryl methyl sites for hydroxylation is 1. The SMILES string of the molecule is Cc1c([C@H](C)NC(=O)[C@@H]2[C@@H](C(=O)O)[C@H]3C=C[C@H]2C3)cnn1C. The van der Waals surface area contributed by atoms with Crippen LogP contribution in [0.4, 0.5) is 0 Å². The molecule has 22 heavy (non-hydrogen) atoms. The fourth-order valence-corrected chi connectivity index (χ4v) is 3.84. The first-order valence-electron chi connectivity index (χ1n) is 7.60. The van der Waals surface area contributed by atoms with Crippen molar-refractivity contribution >= 4 is 11.9 Å². The lowest BCUT2D eigenvalue weighted by atomic mass is 9.82. The van der Waals surface area contributed by atoms with Gasteiger partial charge >= 0.3 is 5.97 Å². The summed E-state index contributed by atoms with van der Waals surface area (Å²) in [7, 11) is 1.86. The van der Waals surface area contributed by atoms with Gasteiger partial charge in [0, 0.05) is 18.3 Å². The first-order valence-corrected chi connectivity index (χ1v) is 7.60. The molecule has 6 nitrogen and oxygen atoms in total. The van der Waals surface area contributed by atoms with Crippen molar-refractivity contribution in [2.24, 2.45) is 30.7 Å². The third-order valence-electron chi connectivity index (χ3n) is 5.15. The van der Waals surface area contributed by atoms with E-state index in [1.165, 1.54) is 0 Å². The number of amides is 1. The molecule has 0 aliphatic heterocycles. The van der Waals surface area contributed by atoms with Crippen LogP contribution in [0.1, 0.15) is 30.6 Å². The molecule has 0 radical (unpaired) electrons. The number of carboxylic acids is 1. The van der Waals surface area contributed by atoms with Crippen molar-refractivity contribution < 1.29 is 14.7 Å². The maximum Gasteiger partial charge on any atom is 0.307 e. The number of aromatic nitrogens is 2. The lowest BCUT2D eigenvalue weighted by Gasteiger charge is -2.25. The van der Waals surface area contributed by atoms with Gasteiger partial charge in [0.1, 0.15) is 0 Å². The summed E-state index contributed by atoms with van der Waals surface area (Å²) in [5.74, 6) is -2.06. The molecule has 5 atom stereocenters. The molecule has 2 bridgehead atoms. The smallest absolute Gasteiger partial charge is 0.307 e. The van der Waals surface area contributed by atoms with Crippen molar-refractivity contribution in [1.82, 2.24) is 15.1 Å². The van der Waals surface area contributed by atoms with Crippen molar-refractivity contribution in [3.8, 4) is 0 Å². The number of carbonyl (C=O) groups is 2. The number of hydrogen-bond acceptors (Lipinski definition) is 3. The Kier molecular flexibility index (Phi) is 3.54. The van der Waals surface area contributed by atoms with Crippen LogP contribution in [0.15, 0.2) is 18.3 Å². The van der Waals surface area contributed by atoms with Gasteiger partial charge in [0.05, 0.1) is 24.1 Å². The highest BCUT2D eigenvalue weighted by Gasteiger charge is 2.51. The summed E-state index contributed by atoms with van der Waals surface area (Å²) in [6, 6.07) is -0.182. The number of fused-ring (bicyclic) bond motifs is 2. The van der Waals surface area contributed by atoms with Gasteiger partial charge in [-0.05, 0) is 32.1 Å². The van der Waals surface area contributed by atoms with Gasteiger partial charge in [-0.15, -0.1) is 0 Å². The average Bonchev–Trinajstić information content (AvgIpc) is 3.14. The number of rotatable bonds is 4.